The molecule has 0 bridgehead atoms. The molecule has 4 heteroatoms. The van der Waals surface area contributed by atoms with Crippen LogP contribution in [0, 0.1) is 6.92 Å². The number of para-hydroxylation sites is 1. The molecule has 1 atom stereocenters. The summed E-state index contributed by atoms with van der Waals surface area (Å²) in [5.74, 6) is 0.118. The summed E-state index contributed by atoms with van der Waals surface area (Å²) in [6.07, 6.45) is 2.91. The molecule has 0 aromatic heterocycles. The predicted molar refractivity (Wildman–Crippen MR) is 87.5 cm³/mol. The van der Waals surface area contributed by atoms with Crippen molar-refractivity contribution in [3.05, 3.63) is 29.8 Å². The minimum Gasteiger partial charge on any atom is -0.368 e. The monoisotopic (exact) mass is 289 g/mol. The molecule has 1 saturated heterocycles. The van der Waals surface area contributed by atoms with E-state index in [1.165, 1.54) is 11.3 Å². The van der Waals surface area contributed by atoms with Crippen LogP contribution in [0.3, 0.4) is 0 Å². The van der Waals surface area contributed by atoms with E-state index in [1.54, 1.807) is 0 Å². The van der Waals surface area contributed by atoms with E-state index in [0.29, 0.717) is 0 Å². The molecule has 0 radical (unpaired) electrons. The summed E-state index contributed by atoms with van der Waals surface area (Å²) in [4.78, 5) is 16.6. The number of amides is 1. The molecule has 1 fully saturated rings. The Labute approximate surface area is 127 Å². The third-order valence-corrected chi connectivity index (χ3v) is 4.23. The zero-order valence-electron chi connectivity index (χ0n) is 13.2. The van der Waals surface area contributed by atoms with Crippen molar-refractivity contribution in [2.75, 3.05) is 31.1 Å². The zero-order valence-corrected chi connectivity index (χ0v) is 13.2. The summed E-state index contributed by atoms with van der Waals surface area (Å²) in [5.41, 5.74) is 8.57. The van der Waals surface area contributed by atoms with Gasteiger partial charge in [-0.1, -0.05) is 38.0 Å². The van der Waals surface area contributed by atoms with Crippen LogP contribution in [0.25, 0.3) is 0 Å². The van der Waals surface area contributed by atoms with E-state index in [1.807, 2.05) is 4.90 Å². The number of carbonyl (C=O) groups excluding carboxylic acids is 1. The maximum Gasteiger partial charge on any atom is 0.239 e. The van der Waals surface area contributed by atoms with Crippen LogP contribution in [-0.2, 0) is 4.79 Å². The van der Waals surface area contributed by atoms with Gasteiger partial charge in [-0.05, 0) is 25.0 Å². The van der Waals surface area contributed by atoms with Crippen LogP contribution in [0.5, 0.6) is 0 Å². The van der Waals surface area contributed by atoms with Crippen molar-refractivity contribution in [1.82, 2.24) is 4.90 Å². The van der Waals surface area contributed by atoms with Gasteiger partial charge in [-0.2, -0.15) is 0 Å². The van der Waals surface area contributed by atoms with Gasteiger partial charge in [0, 0.05) is 31.9 Å². The molecule has 1 amide bonds. The molecular formula is C17H27N3O. The lowest BCUT2D eigenvalue weighted by molar-refractivity contribution is -0.133. The van der Waals surface area contributed by atoms with Crippen molar-refractivity contribution in [1.29, 1.82) is 0 Å². The molecule has 1 aliphatic heterocycles. The summed E-state index contributed by atoms with van der Waals surface area (Å²) >= 11 is 0. The van der Waals surface area contributed by atoms with Crippen molar-refractivity contribution in [2.45, 2.75) is 39.2 Å². The van der Waals surface area contributed by atoms with E-state index >= 15 is 0 Å². The number of nitrogens with zero attached hydrogens (tertiary/aromatic N) is 2. The van der Waals surface area contributed by atoms with Crippen molar-refractivity contribution < 1.29 is 4.79 Å². The highest BCUT2D eigenvalue weighted by Crippen LogP contribution is 2.21. The Kier molecular flexibility index (Phi) is 5.62. The molecule has 116 valence electrons. The van der Waals surface area contributed by atoms with Gasteiger partial charge < -0.3 is 15.5 Å². The fourth-order valence-corrected chi connectivity index (χ4v) is 2.87. The van der Waals surface area contributed by atoms with Crippen LogP contribution in [0.2, 0.25) is 0 Å². The predicted octanol–water partition coefficient (Wildman–Crippen LogP) is 2.16. The number of hydrogen-bond donors (Lipinski definition) is 1. The Morgan fingerprint density at radius 1 is 1.24 bits per heavy atom. The number of rotatable bonds is 5. The molecule has 0 saturated carbocycles. The third-order valence-electron chi connectivity index (χ3n) is 4.23. The van der Waals surface area contributed by atoms with Gasteiger partial charge in [0.2, 0.25) is 5.91 Å². The van der Waals surface area contributed by atoms with Gasteiger partial charge in [-0.15, -0.1) is 0 Å². The smallest absolute Gasteiger partial charge is 0.239 e. The van der Waals surface area contributed by atoms with Gasteiger partial charge in [0.1, 0.15) is 0 Å². The molecule has 0 unspecified atom stereocenters. The summed E-state index contributed by atoms with van der Waals surface area (Å²) in [6.45, 7) is 7.57. The second-order valence-corrected chi connectivity index (χ2v) is 5.85. The number of benzene rings is 1. The Morgan fingerprint density at radius 2 is 1.90 bits per heavy atom. The number of aryl methyl sites for hydroxylation is 1. The molecule has 2 N–H and O–H groups in total. The van der Waals surface area contributed by atoms with E-state index in [9.17, 15) is 4.79 Å². The van der Waals surface area contributed by atoms with Gasteiger partial charge in [-0.3, -0.25) is 4.79 Å². The first-order valence-electron chi connectivity index (χ1n) is 7.98. The van der Waals surface area contributed by atoms with Crippen LogP contribution >= 0.6 is 0 Å². The second kappa shape index (κ2) is 7.46. The standard InChI is InChI=1S/C17H27N3O/c1-3-4-8-15(18)17(21)20-12-10-19(11-13-20)16-9-6-5-7-14(16)2/h5-7,9,15H,3-4,8,10-13,18H2,1-2H3/t15-/m0/s1. The van der Waals surface area contributed by atoms with E-state index in [0.717, 1.165) is 45.4 Å². The summed E-state index contributed by atoms with van der Waals surface area (Å²) in [5, 5.41) is 0. The van der Waals surface area contributed by atoms with Gasteiger partial charge >= 0.3 is 0 Å². The first-order valence-corrected chi connectivity index (χ1v) is 7.98. The molecule has 0 spiro atoms. The van der Waals surface area contributed by atoms with E-state index in [-0.39, 0.29) is 11.9 Å². The Bertz CT molecular complexity index is 467. The number of nitrogens with two attached hydrogens (primary N) is 1. The van der Waals surface area contributed by atoms with Crippen LogP contribution in [-0.4, -0.2) is 43.0 Å². The number of carbonyl (C=O) groups is 1. The van der Waals surface area contributed by atoms with Crippen molar-refractivity contribution in [2.24, 2.45) is 5.73 Å². The number of anilines is 1. The highest BCUT2D eigenvalue weighted by atomic mass is 16.2. The number of unbranched alkanes of at least 4 members (excludes halogenated alkanes) is 1. The minimum absolute atomic E-state index is 0.118. The molecule has 1 aliphatic rings. The fourth-order valence-electron chi connectivity index (χ4n) is 2.87. The lowest BCUT2D eigenvalue weighted by atomic mass is 10.1. The maximum atomic E-state index is 12.3. The maximum absolute atomic E-state index is 12.3. The van der Waals surface area contributed by atoms with Gasteiger partial charge in [0.25, 0.3) is 0 Å². The normalized spacial score (nSPS) is 16.9. The molecule has 4 nitrogen and oxygen atoms in total. The average Bonchev–Trinajstić information content (AvgIpc) is 2.52. The van der Waals surface area contributed by atoms with Crippen LogP contribution < -0.4 is 10.6 Å². The molecule has 2 rings (SSSR count). The van der Waals surface area contributed by atoms with Crippen molar-refractivity contribution in [3.63, 3.8) is 0 Å². The Morgan fingerprint density at radius 3 is 2.52 bits per heavy atom. The van der Waals surface area contributed by atoms with Crippen LogP contribution in [0.15, 0.2) is 24.3 Å². The van der Waals surface area contributed by atoms with E-state index in [2.05, 4.69) is 43.0 Å². The SMILES string of the molecule is CCCC[C@H](N)C(=O)N1CCN(c2ccccc2C)CC1. The first-order chi connectivity index (χ1) is 10.1. The zero-order chi connectivity index (χ0) is 15.2. The lowest BCUT2D eigenvalue weighted by Crippen LogP contribution is -2.53. The van der Waals surface area contributed by atoms with Gasteiger partial charge in [0.05, 0.1) is 6.04 Å². The molecule has 21 heavy (non-hydrogen) atoms. The lowest BCUT2D eigenvalue weighted by Gasteiger charge is -2.37. The van der Waals surface area contributed by atoms with Crippen LogP contribution in [0.4, 0.5) is 5.69 Å². The van der Waals surface area contributed by atoms with Crippen molar-refractivity contribution in [3.8, 4) is 0 Å². The number of piperazine rings is 1. The van der Waals surface area contributed by atoms with E-state index in [4.69, 9.17) is 5.73 Å². The molecule has 1 heterocycles. The van der Waals surface area contributed by atoms with Gasteiger partial charge in [0.15, 0.2) is 0 Å². The summed E-state index contributed by atoms with van der Waals surface area (Å²) in [6, 6.07) is 8.09. The molecule has 1 aromatic carbocycles. The highest BCUT2D eigenvalue weighted by molar-refractivity contribution is 5.81. The quantitative estimate of drug-likeness (QED) is 0.903. The van der Waals surface area contributed by atoms with E-state index < -0.39 is 0 Å². The topological polar surface area (TPSA) is 49.6 Å². The number of hydrogen-bond acceptors (Lipinski definition) is 3. The second-order valence-electron chi connectivity index (χ2n) is 5.85. The molecule has 1 aromatic rings. The minimum atomic E-state index is -0.324. The molecule has 0 aliphatic carbocycles. The summed E-state index contributed by atoms with van der Waals surface area (Å²) < 4.78 is 0. The molecular weight excluding hydrogens is 262 g/mol. The highest BCUT2D eigenvalue weighted by Gasteiger charge is 2.25. The van der Waals surface area contributed by atoms with Gasteiger partial charge in [-0.25, -0.2) is 0 Å². The van der Waals surface area contributed by atoms with Crippen molar-refractivity contribution >= 4 is 11.6 Å². The largest absolute Gasteiger partial charge is 0.368 e. The average molecular weight is 289 g/mol. The Hall–Kier alpha value is -1.55. The van der Waals surface area contributed by atoms with Crippen LogP contribution in [0.1, 0.15) is 31.7 Å². The third kappa shape index (κ3) is 3.97. The summed E-state index contributed by atoms with van der Waals surface area (Å²) in [7, 11) is 0. The Balaban J connectivity index is 1.88. The first kappa shape index (κ1) is 15.8. The fraction of sp³-hybridized carbons (Fsp3) is 0.588.